The lowest BCUT2D eigenvalue weighted by molar-refractivity contribution is -0.0411. The molecular formula is C16H29Cl. The van der Waals surface area contributed by atoms with Crippen molar-refractivity contribution in [2.24, 2.45) is 23.2 Å². The Bertz CT molecular complexity index is 194. The van der Waals surface area contributed by atoms with E-state index >= 15 is 0 Å². The highest BCUT2D eigenvalue weighted by Gasteiger charge is 2.48. The second kappa shape index (κ2) is 5.95. The highest BCUT2D eigenvalue weighted by atomic mass is 35.5. The molecule has 4 saturated carbocycles. The first kappa shape index (κ1) is 13.7. The summed E-state index contributed by atoms with van der Waals surface area (Å²) >= 11 is 5.38. The van der Waals surface area contributed by atoms with Crippen molar-refractivity contribution in [1.29, 1.82) is 0 Å². The van der Waals surface area contributed by atoms with Gasteiger partial charge in [0.2, 0.25) is 0 Å². The molecule has 0 radical (unpaired) electrons. The van der Waals surface area contributed by atoms with E-state index in [0.29, 0.717) is 0 Å². The van der Waals surface area contributed by atoms with Crippen LogP contribution in [0.5, 0.6) is 0 Å². The highest BCUT2D eigenvalue weighted by Crippen LogP contribution is 2.59. The lowest BCUT2D eigenvalue weighted by atomic mass is 9.50. The first-order valence-corrected chi connectivity index (χ1v) is 8.24. The smallest absolute Gasteiger partial charge is 0.0223 e. The van der Waals surface area contributed by atoms with E-state index in [2.05, 4.69) is 13.8 Å². The van der Waals surface area contributed by atoms with Gasteiger partial charge in [-0.3, -0.25) is 0 Å². The molecule has 0 amide bonds. The summed E-state index contributed by atoms with van der Waals surface area (Å²) in [6.45, 7) is 4.71. The van der Waals surface area contributed by atoms with Crippen molar-refractivity contribution < 1.29 is 0 Å². The van der Waals surface area contributed by atoms with E-state index in [1.807, 2.05) is 0 Å². The highest BCUT2D eigenvalue weighted by molar-refractivity contribution is 6.17. The second-order valence-corrected chi connectivity index (χ2v) is 7.50. The van der Waals surface area contributed by atoms with Gasteiger partial charge >= 0.3 is 0 Å². The Balaban J connectivity index is 0.000000157. The van der Waals surface area contributed by atoms with Crippen molar-refractivity contribution >= 4 is 11.6 Å². The predicted octanol–water partition coefficient (Wildman–Crippen LogP) is 5.64. The third-order valence-electron chi connectivity index (χ3n) is 5.08. The topological polar surface area (TPSA) is 0 Å². The molecule has 0 atom stereocenters. The van der Waals surface area contributed by atoms with Crippen LogP contribution in [0.3, 0.4) is 0 Å². The van der Waals surface area contributed by atoms with Crippen molar-refractivity contribution in [3.8, 4) is 0 Å². The summed E-state index contributed by atoms with van der Waals surface area (Å²) in [5.41, 5.74) is 0.800. The second-order valence-electron chi connectivity index (χ2n) is 7.12. The molecule has 0 aromatic heterocycles. The van der Waals surface area contributed by atoms with Crippen LogP contribution in [0.15, 0.2) is 0 Å². The molecule has 0 spiro atoms. The Morgan fingerprint density at radius 3 is 1.65 bits per heavy atom. The Labute approximate surface area is 113 Å². The van der Waals surface area contributed by atoms with Crippen LogP contribution in [0.1, 0.15) is 71.6 Å². The van der Waals surface area contributed by atoms with Gasteiger partial charge in [0.15, 0.2) is 0 Å². The van der Waals surface area contributed by atoms with Crippen molar-refractivity contribution in [1.82, 2.24) is 0 Å². The zero-order chi connectivity index (χ0) is 12.3. The summed E-state index contributed by atoms with van der Waals surface area (Å²) in [7, 11) is 0. The van der Waals surface area contributed by atoms with E-state index in [-0.39, 0.29) is 0 Å². The molecule has 0 saturated heterocycles. The number of alkyl halides is 1. The molecule has 4 aliphatic rings. The maximum atomic E-state index is 5.38. The molecule has 0 aliphatic heterocycles. The van der Waals surface area contributed by atoms with E-state index < -0.39 is 0 Å². The molecule has 0 aromatic carbocycles. The van der Waals surface area contributed by atoms with Gasteiger partial charge in [-0.2, -0.15) is 0 Å². The van der Waals surface area contributed by atoms with E-state index in [1.54, 1.807) is 38.5 Å². The van der Waals surface area contributed by atoms with Gasteiger partial charge in [-0.25, -0.2) is 0 Å². The minimum Gasteiger partial charge on any atom is -0.127 e. The summed E-state index contributed by atoms with van der Waals surface area (Å²) in [5, 5.41) is 0. The Morgan fingerprint density at radius 2 is 1.41 bits per heavy atom. The quantitative estimate of drug-likeness (QED) is 0.453. The van der Waals surface area contributed by atoms with Crippen molar-refractivity contribution in [2.45, 2.75) is 71.6 Å². The largest absolute Gasteiger partial charge is 0.127 e. The van der Waals surface area contributed by atoms with E-state index in [1.165, 1.54) is 19.3 Å². The van der Waals surface area contributed by atoms with Crippen LogP contribution in [0.25, 0.3) is 0 Å². The minimum atomic E-state index is 0.800. The average Bonchev–Trinajstić information content (AvgIpc) is 2.23. The van der Waals surface area contributed by atoms with Crippen LogP contribution in [0.2, 0.25) is 0 Å². The molecule has 0 unspecified atom stereocenters. The molecule has 4 aliphatic carbocycles. The Hall–Kier alpha value is 0.290. The van der Waals surface area contributed by atoms with Crippen molar-refractivity contribution in [3.05, 3.63) is 0 Å². The molecule has 4 rings (SSSR count). The molecule has 0 N–H and O–H groups in total. The van der Waals surface area contributed by atoms with Crippen LogP contribution in [-0.4, -0.2) is 5.88 Å². The fourth-order valence-electron chi connectivity index (χ4n) is 4.89. The van der Waals surface area contributed by atoms with Crippen LogP contribution in [0, 0.1) is 23.2 Å². The summed E-state index contributed by atoms with van der Waals surface area (Å²) in [5.74, 6) is 4.26. The van der Waals surface area contributed by atoms with Crippen LogP contribution in [0.4, 0.5) is 0 Å². The van der Waals surface area contributed by atoms with Crippen molar-refractivity contribution in [3.63, 3.8) is 0 Å². The summed E-state index contributed by atoms with van der Waals surface area (Å²) < 4.78 is 0. The number of rotatable bonds is 3. The monoisotopic (exact) mass is 256 g/mol. The Morgan fingerprint density at radius 1 is 0.941 bits per heavy atom. The maximum absolute atomic E-state index is 5.38. The molecule has 4 fully saturated rings. The first-order chi connectivity index (χ1) is 8.15. The van der Waals surface area contributed by atoms with Gasteiger partial charge in [0, 0.05) is 5.88 Å². The molecule has 0 heterocycles. The predicted molar refractivity (Wildman–Crippen MR) is 76.5 cm³/mol. The molecule has 100 valence electrons. The number of unbranched alkanes of at least 4 members (excludes halogenated alkanes) is 2. The van der Waals surface area contributed by atoms with Gasteiger partial charge in [-0.15, -0.1) is 11.6 Å². The molecule has 0 nitrogen and oxygen atoms in total. The average molecular weight is 257 g/mol. The fourth-order valence-corrected chi connectivity index (χ4v) is 5.08. The molecule has 0 aromatic rings. The lowest BCUT2D eigenvalue weighted by Gasteiger charge is -2.55. The third-order valence-corrected chi connectivity index (χ3v) is 5.35. The van der Waals surface area contributed by atoms with Gasteiger partial charge in [-0.05, 0) is 68.1 Å². The summed E-state index contributed by atoms with van der Waals surface area (Å²) in [6, 6.07) is 0. The van der Waals surface area contributed by atoms with Crippen LogP contribution < -0.4 is 0 Å². The van der Waals surface area contributed by atoms with E-state index in [4.69, 9.17) is 11.6 Å². The Kier molecular flexibility index (Phi) is 4.80. The third kappa shape index (κ3) is 3.63. The lowest BCUT2D eigenvalue weighted by Crippen LogP contribution is -2.44. The van der Waals surface area contributed by atoms with Gasteiger partial charge in [0.05, 0.1) is 0 Å². The number of halogens is 1. The van der Waals surface area contributed by atoms with E-state index in [0.717, 1.165) is 29.0 Å². The zero-order valence-corrected chi connectivity index (χ0v) is 12.4. The van der Waals surface area contributed by atoms with Crippen LogP contribution >= 0.6 is 11.6 Å². The van der Waals surface area contributed by atoms with Gasteiger partial charge in [0.25, 0.3) is 0 Å². The molecule has 1 heteroatoms. The van der Waals surface area contributed by atoms with E-state index in [9.17, 15) is 0 Å². The van der Waals surface area contributed by atoms with Gasteiger partial charge in [0.1, 0.15) is 0 Å². The fraction of sp³-hybridized carbons (Fsp3) is 1.00. The molecule has 4 bridgehead atoms. The standard InChI is InChI=1S/C11H18.C5H11Cl/c1-11-5-8-2-9(6-11)4-10(3-8)7-11;1-2-3-4-5-6/h8-10H,2-7H2,1H3;2-5H2,1H3. The van der Waals surface area contributed by atoms with Gasteiger partial charge in [-0.1, -0.05) is 26.7 Å². The first-order valence-electron chi connectivity index (χ1n) is 7.71. The SMILES string of the molecule is CC12CC3CC(CC(C3)C1)C2.CCCCCCl. The van der Waals surface area contributed by atoms with Crippen molar-refractivity contribution in [2.75, 3.05) is 5.88 Å². The summed E-state index contributed by atoms with van der Waals surface area (Å²) in [6.07, 6.45) is 13.2. The minimum absolute atomic E-state index is 0.800. The molecular weight excluding hydrogens is 228 g/mol. The maximum Gasteiger partial charge on any atom is 0.0223 e. The zero-order valence-electron chi connectivity index (χ0n) is 11.7. The van der Waals surface area contributed by atoms with Gasteiger partial charge < -0.3 is 0 Å². The molecule has 17 heavy (non-hydrogen) atoms. The normalized spacial score (nSPS) is 42.2. The number of hydrogen-bond acceptors (Lipinski definition) is 0. The summed E-state index contributed by atoms with van der Waals surface area (Å²) in [4.78, 5) is 0. The number of hydrogen-bond donors (Lipinski definition) is 0. The van der Waals surface area contributed by atoms with Crippen LogP contribution in [-0.2, 0) is 0 Å².